The molecule has 2 unspecified atom stereocenters. The van der Waals surface area contributed by atoms with E-state index in [1.165, 1.54) is 65.3 Å². The van der Waals surface area contributed by atoms with Crippen LogP contribution in [-0.4, -0.2) is 0 Å². The summed E-state index contributed by atoms with van der Waals surface area (Å²) in [7, 11) is 0. The van der Waals surface area contributed by atoms with Crippen LogP contribution in [0.3, 0.4) is 0 Å². The molecule has 2 atom stereocenters. The van der Waals surface area contributed by atoms with Crippen LogP contribution in [0, 0.1) is 0 Å². The van der Waals surface area contributed by atoms with E-state index in [2.05, 4.69) is 157 Å². The lowest BCUT2D eigenvalue weighted by Gasteiger charge is -2.29. The standard InChI is InChI=1S/C40H27NS/c1-2-14-28(15-3-1)41(36-24-27-13-5-6-16-29(27)31-18-8-9-19-32(31)36)37-25-38-39(34-21-11-10-20-33(34)37)35-23-22-26-12-4-7-17-30(26)40(35)42-38/h1-25,35,40H. The van der Waals surface area contributed by atoms with E-state index in [9.17, 15) is 0 Å². The molecule has 7 aromatic carbocycles. The number of para-hydroxylation sites is 1. The Morgan fingerprint density at radius 1 is 0.524 bits per heavy atom. The number of hydrogen-bond acceptors (Lipinski definition) is 2. The molecule has 2 aliphatic rings. The third kappa shape index (κ3) is 3.52. The Morgan fingerprint density at radius 3 is 1.98 bits per heavy atom. The van der Waals surface area contributed by atoms with Crippen LogP contribution in [0.1, 0.15) is 27.9 Å². The second-order valence-corrected chi connectivity index (χ2v) is 12.4. The van der Waals surface area contributed by atoms with Crippen LogP contribution < -0.4 is 4.90 Å². The first-order valence-corrected chi connectivity index (χ1v) is 15.5. The van der Waals surface area contributed by atoms with E-state index in [4.69, 9.17) is 0 Å². The van der Waals surface area contributed by atoms with E-state index < -0.39 is 0 Å². The topological polar surface area (TPSA) is 3.24 Å². The number of benzene rings is 7. The highest BCUT2D eigenvalue weighted by atomic mass is 32.2. The van der Waals surface area contributed by atoms with Gasteiger partial charge in [-0.2, -0.15) is 0 Å². The maximum atomic E-state index is 2.49. The molecule has 1 aliphatic heterocycles. The molecule has 0 fully saturated rings. The Morgan fingerprint density at radius 2 is 1.14 bits per heavy atom. The van der Waals surface area contributed by atoms with Gasteiger partial charge in [-0.1, -0.05) is 127 Å². The van der Waals surface area contributed by atoms with Crippen LogP contribution in [0.25, 0.3) is 38.4 Å². The van der Waals surface area contributed by atoms with Crippen molar-refractivity contribution in [3.8, 4) is 0 Å². The summed E-state index contributed by atoms with van der Waals surface area (Å²) in [6, 6.07) is 51.2. The molecule has 0 bridgehead atoms. The number of anilines is 3. The molecule has 0 N–H and O–H groups in total. The van der Waals surface area contributed by atoms with Crippen molar-refractivity contribution in [1.29, 1.82) is 0 Å². The molecule has 2 heteroatoms. The summed E-state index contributed by atoms with van der Waals surface area (Å²) in [5.74, 6) is 0.366. The van der Waals surface area contributed by atoms with E-state index in [0.29, 0.717) is 11.2 Å². The first-order valence-electron chi connectivity index (χ1n) is 14.6. The zero-order valence-corrected chi connectivity index (χ0v) is 23.8. The molecular weight excluding hydrogens is 527 g/mol. The molecule has 1 heterocycles. The van der Waals surface area contributed by atoms with Gasteiger partial charge >= 0.3 is 0 Å². The molecule has 0 saturated carbocycles. The van der Waals surface area contributed by atoms with Crippen molar-refractivity contribution in [3.63, 3.8) is 0 Å². The van der Waals surface area contributed by atoms with Crippen molar-refractivity contribution in [2.75, 3.05) is 4.90 Å². The second-order valence-electron chi connectivity index (χ2n) is 11.2. The fourth-order valence-corrected chi connectivity index (χ4v) is 8.67. The molecule has 42 heavy (non-hydrogen) atoms. The third-order valence-corrected chi connectivity index (χ3v) is 10.4. The normalized spacial score (nSPS) is 16.9. The zero-order valence-electron chi connectivity index (χ0n) is 22.9. The minimum atomic E-state index is 0.366. The van der Waals surface area contributed by atoms with Gasteiger partial charge in [0.15, 0.2) is 0 Å². The molecule has 7 aromatic rings. The average molecular weight is 554 g/mol. The van der Waals surface area contributed by atoms with Crippen LogP contribution in [0.5, 0.6) is 0 Å². The van der Waals surface area contributed by atoms with Crippen molar-refractivity contribution in [3.05, 3.63) is 162 Å². The highest BCUT2D eigenvalue weighted by Crippen LogP contribution is 2.61. The zero-order chi connectivity index (χ0) is 27.6. The Balaban J connectivity index is 1.34. The molecule has 1 nitrogen and oxygen atoms in total. The molecule has 0 amide bonds. The van der Waals surface area contributed by atoms with Gasteiger partial charge in [-0.3, -0.25) is 0 Å². The predicted octanol–water partition coefficient (Wildman–Crippen LogP) is 11.6. The molecule has 0 saturated heterocycles. The minimum Gasteiger partial charge on any atom is -0.309 e. The van der Waals surface area contributed by atoms with Gasteiger partial charge in [-0.25, -0.2) is 0 Å². The average Bonchev–Trinajstić information content (AvgIpc) is 3.45. The first-order chi connectivity index (χ1) is 20.8. The summed E-state index contributed by atoms with van der Waals surface area (Å²) in [4.78, 5) is 3.87. The van der Waals surface area contributed by atoms with Crippen molar-refractivity contribution in [1.82, 2.24) is 0 Å². The first kappa shape index (κ1) is 23.9. The Bertz CT molecular complexity index is 2200. The summed E-state index contributed by atoms with van der Waals surface area (Å²) in [6.07, 6.45) is 4.76. The van der Waals surface area contributed by atoms with Gasteiger partial charge in [-0.05, 0) is 62.5 Å². The molecule has 1 aliphatic carbocycles. The Labute approximate surface area is 249 Å². The number of fused-ring (bicyclic) bond motifs is 10. The summed E-state index contributed by atoms with van der Waals surface area (Å²) in [6.45, 7) is 0. The molecular formula is C40H27NS. The van der Waals surface area contributed by atoms with Crippen LogP contribution in [0.2, 0.25) is 0 Å². The highest BCUT2D eigenvalue weighted by Gasteiger charge is 2.38. The smallest absolute Gasteiger partial charge is 0.0551 e. The quantitative estimate of drug-likeness (QED) is 0.200. The van der Waals surface area contributed by atoms with E-state index >= 15 is 0 Å². The van der Waals surface area contributed by atoms with Gasteiger partial charge in [0, 0.05) is 32.5 Å². The Hall–Kier alpha value is -4.79. The van der Waals surface area contributed by atoms with Gasteiger partial charge in [0.2, 0.25) is 0 Å². The highest BCUT2D eigenvalue weighted by molar-refractivity contribution is 8.00. The lowest BCUT2D eigenvalue weighted by Crippen LogP contribution is -2.12. The summed E-state index contributed by atoms with van der Waals surface area (Å²) in [5.41, 5.74) is 7.83. The van der Waals surface area contributed by atoms with Gasteiger partial charge in [0.25, 0.3) is 0 Å². The molecule has 0 radical (unpaired) electrons. The predicted molar refractivity (Wildman–Crippen MR) is 180 cm³/mol. The van der Waals surface area contributed by atoms with Crippen molar-refractivity contribution in [2.24, 2.45) is 0 Å². The molecule has 0 spiro atoms. The lowest BCUT2D eigenvalue weighted by atomic mass is 9.83. The van der Waals surface area contributed by atoms with E-state index in [1.807, 2.05) is 11.8 Å². The number of rotatable bonds is 3. The number of allylic oxidation sites excluding steroid dienone is 1. The van der Waals surface area contributed by atoms with E-state index in [1.54, 1.807) is 0 Å². The maximum Gasteiger partial charge on any atom is 0.0551 e. The van der Waals surface area contributed by atoms with E-state index in [0.717, 1.165) is 5.69 Å². The van der Waals surface area contributed by atoms with Crippen molar-refractivity contribution < 1.29 is 0 Å². The molecule has 9 rings (SSSR count). The Kier molecular flexibility index (Phi) is 5.33. The minimum absolute atomic E-state index is 0.366. The van der Waals surface area contributed by atoms with Crippen LogP contribution >= 0.6 is 11.8 Å². The summed E-state index contributed by atoms with van der Waals surface area (Å²) >= 11 is 2.03. The fraction of sp³-hybridized carbons (Fsp3) is 0.0500. The van der Waals surface area contributed by atoms with E-state index in [-0.39, 0.29) is 0 Å². The van der Waals surface area contributed by atoms with Crippen molar-refractivity contribution >= 4 is 67.2 Å². The largest absolute Gasteiger partial charge is 0.309 e. The monoisotopic (exact) mass is 553 g/mol. The van der Waals surface area contributed by atoms with Crippen molar-refractivity contribution in [2.45, 2.75) is 16.1 Å². The number of hydrogen-bond donors (Lipinski definition) is 0. The van der Waals surface area contributed by atoms with Gasteiger partial charge in [0.1, 0.15) is 0 Å². The maximum absolute atomic E-state index is 2.49. The molecule has 0 aromatic heterocycles. The molecule has 198 valence electrons. The van der Waals surface area contributed by atoms with Gasteiger partial charge in [-0.15, -0.1) is 11.8 Å². The third-order valence-electron chi connectivity index (χ3n) is 8.97. The van der Waals surface area contributed by atoms with Crippen LogP contribution in [0.15, 0.2) is 150 Å². The SMILES string of the molecule is C1=CC2c3c(cc(N(c4ccccc4)c4cc5ccccc5c5ccccc45)c4ccccc34)SC2c2ccccc21. The summed E-state index contributed by atoms with van der Waals surface area (Å²) < 4.78 is 0. The second kappa shape index (κ2) is 9.37. The van der Waals surface area contributed by atoms with Crippen LogP contribution in [-0.2, 0) is 0 Å². The summed E-state index contributed by atoms with van der Waals surface area (Å²) in [5, 5.41) is 8.09. The fourth-order valence-electron chi connectivity index (χ4n) is 7.13. The van der Waals surface area contributed by atoms with Gasteiger partial charge in [0.05, 0.1) is 11.4 Å². The lowest BCUT2D eigenvalue weighted by molar-refractivity contribution is 0.826. The number of nitrogens with zero attached hydrogens (tertiary/aromatic N) is 1. The van der Waals surface area contributed by atoms with Crippen LogP contribution in [0.4, 0.5) is 17.1 Å². The number of thioether (sulfide) groups is 1. The van der Waals surface area contributed by atoms with Gasteiger partial charge < -0.3 is 4.90 Å².